The van der Waals surface area contributed by atoms with Gasteiger partial charge in [0, 0.05) is 25.0 Å². The van der Waals surface area contributed by atoms with Gasteiger partial charge in [-0.1, -0.05) is 12.8 Å². The lowest BCUT2D eigenvalue weighted by atomic mass is 10.1. The number of carbonyl (C=O) groups is 1. The largest absolute Gasteiger partial charge is 0.354 e. The molecule has 1 aliphatic heterocycles. The van der Waals surface area contributed by atoms with E-state index in [0.29, 0.717) is 18.5 Å². The quantitative estimate of drug-likeness (QED) is 0.670. The number of carbonyl (C=O) groups excluding carboxylic acids is 1. The highest BCUT2D eigenvalue weighted by atomic mass is 16.1. The third-order valence-corrected chi connectivity index (χ3v) is 2.88. The summed E-state index contributed by atoms with van der Waals surface area (Å²) in [6, 6.07) is 0.950. The van der Waals surface area contributed by atoms with Crippen LogP contribution in [0.15, 0.2) is 0 Å². The van der Waals surface area contributed by atoms with Gasteiger partial charge in [0.1, 0.15) is 0 Å². The molecule has 0 radical (unpaired) electrons. The van der Waals surface area contributed by atoms with Crippen molar-refractivity contribution in [3.05, 3.63) is 0 Å². The van der Waals surface area contributed by atoms with Crippen molar-refractivity contribution in [2.24, 2.45) is 5.92 Å². The first-order valence-electron chi connectivity index (χ1n) is 5.27. The molecule has 3 nitrogen and oxygen atoms in total. The Morgan fingerprint density at radius 3 is 2.92 bits per heavy atom. The minimum Gasteiger partial charge on any atom is -0.354 e. The van der Waals surface area contributed by atoms with E-state index in [1.165, 1.54) is 19.3 Å². The van der Waals surface area contributed by atoms with Gasteiger partial charge in [0.2, 0.25) is 5.91 Å². The second-order valence-corrected chi connectivity index (χ2v) is 4.45. The first-order chi connectivity index (χ1) is 6.24. The normalized spacial score (nSPS) is 30.2. The topological polar surface area (TPSA) is 41.1 Å². The Labute approximate surface area is 79.3 Å². The predicted molar refractivity (Wildman–Crippen MR) is 51.4 cm³/mol. The third-order valence-electron chi connectivity index (χ3n) is 2.88. The Hall–Kier alpha value is -0.570. The van der Waals surface area contributed by atoms with Crippen molar-refractivity contribution >= 4 is 5.91 Å². The van der Waals surface area contributed by atoms with Crippen LogP contribution in [0.25, 0.3) is 0 Å². The Kier molecular flexibility index (Phi) is 2.54. The number of amides is 1. The molecule has 2 atom stereocenters. The zero-order valence-corrected chi connectivity index (χ0v) is 8.18. The summed E-state index contributed by atoms with van der Waals surface area (Å²) in [6.07, 6.45) is 4.77. The van der Waals surface area contributed by atoms with Crippen molar-refractivity contribution < 1.29 is 4.79 Å². The van der Waals surface area contributed by atoms with E-state index in [4.69, 9.17) is 0 Å². The van der Waals surface area contributed by atoms with Crippen molar-refractivity contribution in [1.82, 2.24) is 10.6 Å². The summed E-state index contributed by atoms with van der Waals surface area (Å²) < 4.78 is 0. The molecule has 13 heavy (non-hydrogen) atoms. The Morgan fingerprint density at radius 2 is 2.38 bits per heavy atom. The molecule has 2 fully saturated rings. The van der Waals surface area contributed by atoms with Crippen LogP contribution >= 0.6 is 0 Å². The van der Waals surface area contributed by atoms with Crippen LogP contribution in [0.5, 0.6) is 0 Å². The standard InChI is InChI=1S/C10H18N2O/c1-7(4-8-2-3-8)12-9-5-10(13)11-6-9/h7-9,12H,2-6H2,1H3,(H,11,13). The summed E-state index contributed by atoms with van der Waals surface area (Å²) in [7, 11) is 0. The molecule has 0 aromatic heterocycles. The van der Waals surface area contributed by atoms with Crippen LogP contribution in [0.1, 0.15) is 32.6 Å². The monoisotopic (exact) mass is 182 g/mol. The van der Waals surface area contributed by atoms with Crippen LogP contribution in [-0.4, -0.2) is 24.5 Å². The maximum atomic E-state index is 10.9. The van der Waals surface area contributed by atoms with Gasteiger partial charge in [-0.3, -0.25) is 4.79 Å². The first-order valence-corrected chi connectivity index (χ1v) is 5.27. The van der Waals surface area contributed by atoms with E-state index >= 15 is 0 Å². The van der Waals surface area contributed by atoms with Crippen LogP contribution in [0.4, 0.5) is 0 Å². The van der Waals surface area contributed by atoms with Crippen LogP contribution < -0.4 is 10.6 Å². The van der Waals surface area contributed by atoms with Gasteiger partial charge in [-0.15, -0.1) is 0 Å². The molecule has 0 aromatic carbocycles. The predicted octanol–water partition coefficient (Wildman–Crippen LogP) is 0.653. The lowest BCUT2D eigenvalue weighted by molar-refractivity contribution is -0.119. The summed E-state index contributed by atoms with van der Waals surface area (Å²) in [6.45, 7) is 3.04. The summed E-state index contributed by atoms with van der Waals surface area (Å²) in [5, 5.41) is 6.34. The fraction of sp³-hybridized carbons (Fsp3) is 0.900. The fourth-order valence-corrected chi connectivity index (χ4v) is 2.05. The molecule has 0 spiro atoms. The molecule has 1 saturated heterocycles. The number of hydrogen-bond donors (Lipinski definition) is 2. The molecule has 0 bridgehead atoms. The van der Waals surface area contributed by atoms with E-state index in [-0.39, 0.29) is 5.91 Å². The summed E-state index contributed by atoms with van der Waals surface area (Å²) in [4.78, 5) is 10.9. The molecule has 2 unspecified atom stereocenters. The number of hydrogen-bond acceptors (Lipinski definition) is 2. The second kappa shape index (κ2) is 3.66. The van der Waals surface area contributed by atoms with Gasteiger partial charge in [-0.05, 0) is 19.3 Å². The SMILES string of the molecule is CC(CC1CC1)NC1CNC(=O)C1. The van der Waals surface area contributed by atoms with Crippen LogP contribution in [0.2, 0.25) is 0 Å². The number of nitrogens with one attached hydrogen (secondary N) is 2. The molecule has 2 rings (SSSR count). The molecule has 1 heterocycles. The number of rotatable bonds is 4. The van der Waals surface area contributed by atoms with E-state index in [2.05, 4.69) is 17.6 Å². The molecular formula is C10H18N2O. The molecule has 2 N–H and O–H groups in total. The van der Waals surface area contributed by atoms with Gasteiger partial charge in [0.05, 0.1) is 0 Å². The maximum Gasteiger partial charge on any atom is 0.221 e. The zero-order chi connectivity index (χ0) is 9.26. The van der Waals surface area contributed by atoms with E-state index < -0.39 is 0 Å². The lowest BCUT2D eigenvalue weighted by Crippen LogP contribution is -2.38. The van der Waals surface area contributed by atoms with E-state index in [9.17, 15) is 4.79 Å². The third kappa shape index (κ3) is 2.69. The molecule has 3 heteroatoms. The highest BCUT2D eigenvalue weighted by Gasteiger charge is 2.26. The summed E-state index contributed by atoms with van der Waals surface area (Å²) in [5.41, 5.74) is 0. The summed E-state index contributed by atoms with van der Waals surface area (Å²) in [5.74, 6) is 1.16. The zero-order valence-electron chi connectivity index (χ0n) is 8.18. The van der Waals surface area contributed by atoms with Gasteiger partial charge >= 0.3 is 0 Å². The minimum absolute atomic E-state index is 0.191. The molecule has 2 aliphatic rings. The van der Waals surface area contributed by atoms with Crippen molar-refractivity contribution in [1.29, 1.82) is 0 Å². The molecular weight excluding hydrogens is 164 g/mol. The summed E-state index contributed by atoms with van der Waals surface area (Å²) >= 11 is 0. The molecule has 1 saturated carbocycles. The minimum atomic E-state index is 0.191. The maximum absolute atomic E-state index is 10.9. The van der Waals surface area contributed by atoms with E-state index in [0.717, 1.165) is 12.5 Å². The van der Waals surface area contributed by atoms with Crippen LogP contribution in [0.3, 0.4) is 0 Å². The smallest absolute Gasteiger partial charge is 0.221 e. The van der Waals surface area contributed by atoms with Crippen molar-refractivity contribution in [2.75, 3.05) is 6.54 Å². The van der Waals surface area contributed by atoms with E-state index in [1.54, 1.807) is 0 Å². The Balaban J connectivity index is 1.67. The highest BCUT2D eigenvalue weighted by molar-refractivity contribution is 5.78. The molecule has 74 valence electrons. The molecule has 1 amide bonds. The van der Waals surface area contributed by atoms with Crippen molar-refractivity contribution in [3.63, 3.8) is 0 Å². The van der Waals surface area contributed by atoms with Gasteiger partial charge in [-0.2, -0.15) is 0 Å². The van der Waals surface area contributed by atoms with Gasteiger partial charge in [0.15, 0.2) is 0 Å². The Bertz CT molecular complexity index is 201. The van der Waals surface area contributed by atoms with Crippen molar-refractivity contribution in [3.8, 4) is 0 Å². The first kappa shape index (κ1) is 9.00. The van der Waals surface area contributed by atoms with Crippen LogP contribution in [-0.2, 0) is 4.79 Å². The molecule has 0 aromatic rings. The average Bonchev–Trinajstić information content (AvgIpc) is 2.76. The lowest BCUT2D eigenvalue weighted by Gasteiger charge is -2.17. The Morgan fingerprint density at radius 1 is 1.62 bits per heavy atom. The van der Waals surface area contributed by atoms with E-state index in [1.807, 2.05) is 0 Å². The fourth-order valence-electron chi connectivity index (χ4n) is 2.05. The second-order valence-electron chi connectivity index (χ2n) is 4.45. The van der Waals surface area contributed by atoms with Crippen LogP contribution in [0, 0.1) is 5.92 Å². The molecule has 1 aliphatic carbocycles. The van der Waals surface area contributed by atoms with Gasteiger partial charge in [-0.25, -0.2) is 0 Å². The van der Waals surface area contributed by atoms with Gasteiger partial charge in [0.25, 0.3) is 0 Å². The van der Waals surface area contributed by atoms with Gasteiger partial charge < -0.3 is 10.6 Å². The highest BCUT2D eigenvalue weighted by Crippen LogP contribution is 2.33. The average molecular weight is 182 g/mol. The van der Waals surface area contributed by atoms with Crippen molar-refractivity contribution in [2.45, 2.75) is 44.7 Å².